The Bertz CT molecular complexity index is 323. The number of aliphatic hydroxyl groups excluding tert-OH is 1. The lowest BCUT2D eigenvalue weighted by atomic mass is 10.2. The maximum absolute atomic E-state index is 12.9. The van der Waals surface area contributed by atoms with Crippen molar-refractivity contribution < 1.29 is 13.9 Å². The second-order valence-electron chi connectivity index (χ2n) is 3.53. The highest BCUT2D eigenvalue weighted by Gasteiger charge is 2.25. The molecular weight excluding hydrogens is 202 g/mol. The summed E-state index contributed by atoms with van der Waals surface area (Å²) in [6.45, 7) is 2.69. The van der Waals surface area contributed by atoms with E-state index in [-0.39, 0.29) is 12.2 Å². The Morgan fingerprint density at radius 2 is 2.20 bits per heavy atom. The predicted octanol–water partition coefficient (Wildman–Crippen LogP) is 1.99. The van der Waals surface area contributed by atoms with E-state index in [4.69, 9.17) is 5.11 Å². The minimum Gasteiger partial charge on any atom is -0.392 e. The summed E-state index contributed by atoms with van der Waals surface area (Å²) in [7, 11) is 0. The van der Waals surface area contributed by atoms with Gasteiger partial charge in [-0.2, -0.15) is 8.78 Å². The molecule has 15 heavy (non-hydrogen) atoms. The molecule has 1 rings (SSSR count). The number of hydrogen-bond donors (Lipinski definition) is 2. The Balaban J connectivity index is 2.75. The summed E-state index contributed by atoms with van der Waals surface area (Å²) < 4.78 is 25.8. The first-order valence-corrected chi connectivity index (χ1v) is 4.67. The number of halogens is 2. The van der Waals surface area contributed by atoms with Crippen molar-refractivity contribution in [2.24, 2.45) is 0 Å². The van der Waals surface area contributed by atoms with Gasteiger partial charge in [0.25, 0.3) is 5.92 Å². The minimum absolute atomic E-state index is 0.280. The molecule has 5 heteroatoms. The van der Waals surface area contributed by atoms with Crippen molar-refractivity contribution in [3.8, 4) is 0 Å². The zero-order chi connectivity index (χ0) is 11.5. The molecule has 0 aromatic carbocycles. The molecule has 1 heterocycles. The molecule has 0 amide bonds. The van der Waals surface area contributed by atoms with Gasteiger partial charge in [0.1, 0.15) is 11.5 Å². The molecular formula is C10H14F2N2O. The van der Waals surface area contributed by atoms with Crippen molar-refractivity contribution in [1.82, 2.24) is 4.98 Å². The van der Waals surface area contributed by atoms with E-state index in [1.165, 1.54) is 12.1 Å². The van der Waals surface area contributed by atoms with Gasteiger partial charge in [-0.25, -0.2) is 4.98 Å². The van der Waals surface area contributed by atoms with Crippen LogP contribution in [0.2, 0.25) is 0 Å². The second kappa shape index (κ2) is 4.53. The molecule has 0 spiro atoms. The quantitative estimate of drug-likeness (QED) is 0.809. The Morgan fingerprint density at radius 3 is 2.73 bits per heavy atom. The van der Waals surface area contributed by atoms with Crippen LogP contribution in [0.3, 0.4) is 0 Å². The van der Waals surface area contributed by atoms with Crippen molar-refractivity contribution >= 4 is 5.82 Å². The normalized spacial score (nSPS) is 13.7. The average molecular weight is 216 g/mol. The summed E-state index contributed by atoms with van der Waals surface area (Å²) in [5.74, 6) is -2.60. The summed E-state index contributed by atoms with van der Waals surface area (Å²) >= 11 is 0. The number of rotatable bonds is 4. The van der Waals surface area contributed by atoms with Gasteiger partial charge in [0.2, 0.25) is 0 Å². The van der Waals surface area contributed by atoms with Gasteiger partial charge in [0, 0.05) is 13.5 Å². The van der Waals surface area contributed by atoms with Crippen molar-refractivity contribution in [3.05, 3.63) is 23.9 Å². The fourth-order valence-corrected chi connectivity index (χ4v) is 1.03. The van der Waals surface area contributed by atoms with Crippen molar-refractivity contribution in [2.45, 2.75) is 25.9 Å². The van der Waals surface area contributed by atoms with Crippen molar-refractivity contribution in [3.63, 3.8) is 0 Å². The fraction of sp³-hybridized carbons (Fsp3) is 0.500. The smallest absolute Gasteiger partial charge is 0.287 e. The van der Waals surface area contributed by atoms with Crippen LogP contribution in [0.4, 0.5) is 14.6 Å². The van der Waals surface area contributed by atoms with E-state index in [2.05, 4.69) is 10.3 Å². The van der Waals surface area contributed by atoms with Gasteiger partial charge in [-0.15, -0.1) is 0 Å². The predicted molar refractivity (Wildman–Crippen MR) is 54.0 cm³/mol. The summed E-state index contributed by atoms with van der Waals surface area (Å²) in [4.78, 5) is 3.74. The molecule has 0 aliphatic carbocycles. The second-order valence-corrected chi connectivity index (χ2v) is 3.53. The molecule has 84 valence electrons. The Labute approximate surface area is 87.2 Å². The van der Waals surface area contributed by atoms with Crippen LogP contribution in [0.5, 0.6) is 0 Å². The first kappa shape index (κ1) is 11.8. The zero-order valence-corrected chi connectivity index (χ0v) is 8.67. The van der Waals surface area contributed by atoms with Gasteiger partial charge in [-0.05, 0) is 19.1 Å². The molecule has 3 nitrogen and oxygen atoms in total. The van der Waals surface area contributed by atoms with Gasteiger partial charge >= 0.3 is 0 Å². The standard InChI is InChI=1S/C10H14F2N2O/c1-7(15)6-13-9-5-3-4-8(14-9)10(2,11)12/h3-5,7,15H,6H2,1-2H3,(H,13,14). The Morgan fingerprint density at radius 1 is 1.53 bits per heavy atom. The number of anilines is 1. The number of aromatic nitrogens is 1. The van der Waals surface area contributed by atoms with Gasteiger partial charge in [0.05, 0.1) is 6.10 Å². The van der Waals surface area contributed by atoms with E-state index < -0.39 is 12.0 Å². The minimum atomic E-state index is -2.94. The fourth-order valence-electron chi connectivity index (χ4n) is 1.03. The first-order chi connectivity index (χ1) is 6.89. The molecule has 0 bridgehead atoms. The van der Waals surface area contributed by atoms with E-state index in [1.54, 1.807) is 13.0 Å². The molecule has 1 aromatic rings. The first-order valence-electron chi connectivity index (χ1n) is 4.67. The Hall–Kier alpha value is -1.23. The van der Waals surface area contributed by atoms with Crippen LogP contribution in [0.15, 0.2) is 18.2 Å². The van der Waals surface area contributed by atoms with Crippen molar-refractivity contribution in [1.29, 1.82) is 0 Å². The molecule has 0 radical (unpaired) electrons. The maximum atomic E-state index is 12.9. The Kier molecular flexibility index (Phi) is 3.57. The molecule has 1 aromatic heterocycles. The third-order valence-corrected chi connectivity index (χ3v) is 1.78. The molecule has 0 saturated carbocycles. The lowest BCUT2D eigenvalue weighted by molar-refractivity contribution is 0.0129. The van der Waals surface area contributed by atoms with E-state index in [9.17, 15) is 8.78 Å². The highest BCUT2D eigenvalue weighted by molar-refractivity contribution is 5.36. The lowest BCUT2D eigenvalue weighted by Gasteiger charge is -2.12. The van der Waals surface area contributed by atoms with Crippen LogP contribution in [0, 0.1) is 0 Å². The average Bonchev–Trinajstić information content (AvgIpc) is 2.14. The molecule has 0 saturated heterocycles. The SMILES string of the molecule is CC(O)CNc1cccc(C(C)(F)F)n1. The van der Waals surface area contributed by atoms with E-state index in [0.717, 1.165) is 6.92 Å². The van der Waals surface area contributed by atoms with Crippen LogP contribution in [0.25, 0.3) is 0 Å². The van der Waals surface area contributed by atoms with Crippen LogP contribution in [-0.4, -0.2) is 22.7 Å². The van der Waals surface area contributed by atoms with Crippen LogP contribution in [0.1, 0.15) is 19.5 Å². The molecule has 0 fully saturated rings. The summed E-state index contributed by atoms with van der Waals surface area (Å²) in [6.07, 6.45) is -0.544. The van der Waals surface area contributed by atoms with E-state index >= 15 is 0 Å². The number of nitrogens with zero attached hydrogens (tertiary/aromatic N) is 1. The topological polar surface area (TPSA) is 45.1 Å². The van der Waals surface area contributed by atoms with Crippen LogP contribution < -0.4 is 5.32 Å². The lowest BCUT2D eigenvalue weighted by Crippen LogP contribution is -2.17. The number of aliphatic hydroxyl groups is 1. The van der Waals surface area contributed by atoms with Gasteiger partial charge in [0.15, 0.2) is 0 Å². The highest BCUT2D eigenvalue weighted by Crippen LogP contribution is 2.25. The van der Waals surface area contributed by atoms with Gasteiger partial charge in [-0.3, -0.25) is 0 Å². The third kappa shape index (κ3) is 3.79. The third-order valence-electron chi connectivity index (χ3n) is 1.78. The zero-order valence-electron chi connectivity index (χ0n) is 8.67. The highest BCUT2D eigenvalue weighted by atomic mass is 19.3. The molecule has 0 aliphatic rings. The number of hydrogen-bond acceptors (Lipinski definition) is 3. The van der Waals surface area contributed by atoms with Gasteiger partial charge < -0.3 is 10.4 Å². The number of alkyl halides is 2. The molecule has 1 atom stereocenters. The molecule has 1 unspecified atom stereocenters. The number of pyridine rings is 1. The van der Waals surface area contributed by atoms with Crippen molar-refractivity contribution in [2.75, 3.05) is 11.9 Å². The molecule has 0 aliphatic heterocycles. The monoisotopic (exact) mass is 216 g/mol. The summed E-state index contributed by atoms with van der Waals surface area (Å²) in [5.41, 5.74) is -0.280. The van der Waals surface area contributed by atoms with E-state index in [1.807, 2.05) is 0 Å². The van der Waals surface area contributed by atoms with Crippen LogP contribution in [-0.2, 0) is 5.92 Å². The van der Waals surface area contributed by atoms with E-state index in [0.29, 0.717) is 5.82 Å². The maximum Gasteiger partial charge on any atom is 0.287 e. The largest absolute Gasteiger partial charge is 0.392 e. The number of nitrogens with one attached hydrogen (secondary N) is 1. The molecule has 2 N–H and O–H groups in total. The van der Waals surface area contributed by atoms with Crippen LogP contribution >= 0.6 is 0 Å². The summed E-state index contributed by atoms with van der Waals surface area (Å²) in [5, 5.41) is 11.8. The summed E-state index contributed by atoms with van der Waals surface area (Å²) in [6, 6.07) is 4.36. The van der Waals surface area contributed by atoms with Gasteiger partial charge in [-0.1, -0.05) is 6.07 Å².